The lowest BCUT2D eigenvalue weighted by Gasteiger charge is -2.20. The highest BCUT2D eigenvalue weighted by atomic mass is 19.1. The molecule has 0 aromatic heterocycles. The van der Waals surface area contributed by atoms with E-state index in [1.54, 1.807) is 6.92 Å². The minimum absolute atomic E-state index is 0.0523. The fourth-order valence-electron chi connectivity index (χ4n) is 2.05. The van der Waals surface area contributed by atoms with Crippen LogP contribution in [0.3, 0.4) is 0 Å². The van der Waals surface area contributed by atoms with Crippen molar-refractivity contribution < 1.29 is 19.1 Å². The maximum Gasteiger partial charge on any atom is 0.267 e. The Hall–Kier alpha value is -2.48. The summed E-state index contributed by atoms with van der Waals surface area (Å²) >= 11 is 0. The van der Waals surface area contributed by atoms with Gasteiger partial charge >= 0.3 is 0 Å². The number of benzene rings is 1. The van der Waals surface area contributed by atoms with E-state index in [9.17, 15) is 14.0 Å². The Labute approximate surface area is 126 Å². The first-order valence-electron chi connectivity index (χ1n) is 6.75. The lowest BCUT2D eigenvalue weighted by molar-refractivity contribution is -0.119. The molecule has 0 saturated carbocycles. The standard InChI is InChI=1S/C14H17FN4O3/c1-8(7-20)17-14(22)11-6-12(13(16)21)19(18-11)10-4-2-9(15)3-5-10/h2-5,8,12,20H,6-7H2,1H3,(H2,16,21)(H,17,22). The van der Waals surface area contributed by atoms with Gasteiger partial charge in [0.05, 0.1) is 12.3 Å². The Morgan fingerprint density at radius 2 is 2.14 bits per heavy atom. The van der Waals surface area contributed by atoms with E-state index in [0.29, 0.717) is 5.69 Å². The number of aliphatic hydroxyl groups is 1. The van der Waals surface area contributed by atoms with Crippen LogP contribution < -0.4 is 16.1 Å². The molecule has 0 bridgehead atoms. The minimum Gasteiger partial charge on any atom is -0.394 e. The number of amides is 2. The molecule has 1 aliphatic heterocycles. The molecule has 4 N–H and O–H groups in total. The molecule has 1 aromatic rings. The van der Waals surface area contributed by atoms with Gasteiger partial charge in [-0.25, -0.2) is 4.39 Å². The topological polar surface area (TPSA) is 108 Å². The Bertz CT molecular complexity index is 603. The zero-order valence-electron chi connectivity index (χ0n) is 12.0. The minimum atomic E-state index is -0.810. The number of primary amides is 1. The number of nitrogens with zero attached hydrogens (tertiary/aromatic N) is 2. The quantitative estimate of drug-likeness (QED) is 0.696. The van der Waals surface area contributed by atoms with Crippen molar-refractivity contribution in [3.63, 3.8) is 0 Å². The molecule has 7 nitrogen and oxygen atoms in total. The molecule has 8 heteroatoms. The largest absolute Gasteiger partial charge is 0.394 e. The van der Waals surface area contributed by atoms with Crippen molar-refractivity contribution in [1.29, 1.82) is 0 Å². The van der Waals surface area contributed by atoms with Crippen LogP contribution in [0.4, 0.5) is 10.1 Å². The van der Waals surface area contributed by atoms with E-state index in [1.807, 2.05) is 0 Å². The average molecular weight is 308 g/mol. The fourth-order valence-corrected chi connectivity index (χ4v) is 2.05. The van der Waals surface area contributed by atoms with E-state index in [0.717, 1.165) is 0 Å². The van der Waals surface area contributed by atoms with Gasteiger partial charge in [-0.15, -0.1) is 0 Å². The van der Waals surface area contributed by atoms with Crippen LogP contribution >= 0.6 is 0 Å². The van der Waals surface area contributed by atoms with E-state index >= 15 is 0 Å². The summed E-state index contributed by atoms with van der Waals surface area (Å²) in [6, 6.07) is 4.12. The van der Waals surface area contributed by atoms with E-state index in [4.69, 9.17) is 10.8 Å². The van der Waals surface area contributed by atoms with Crippen LogP contribution in [0.1, 0.15) is 13.3 Å². The number of hydrogen-bond donors (Lipinski definition) is 3. The van der Waals surface area contributed by atoms with Gasteiger partial charge < -0.3 is 16.2 Å². The highest BCUT2D eigenvalue weighted by Crippen LogP contribution is 2.24. The monoisotopic (exact) mass is 308 g/mol. The number of nitrogens with one attached hydrogen (secondary N) is 1. The van der Waals surface area contributed by atoms with Crippen LogP contribution in [0.25, 0.3) is 0 Å². The van der Waals surface area contributed by atoms with Gasteiger partial charge in [-0.05, 0) is 31.2 Å². The van der Waals surface area contributed by atoms with Crippen molar-refractivity contribution in [2.24, 2.45) is 10.8 Å². The molecule has 0 aliphatic carbocycles. The van der Waals surface area contributed by atoms with Crippen LogP contribution in [0, 0.1) is 5.82 Å². The third-order valence-electron chi connectivity index (χ3n) is 3.24. The SMILES string of the molecule is CC(CO)NC(=O)C1=NN(c2ccc(F)cc2)C(C(N)=O)C1. The molecular formula is C14H17FN4O3. The molecule has 2 atom stereocenters. The van der Waals surface area contributed by atoms with E-state index < -0.39 is 29.7 Å². The van der Waals surface area contributed by atoms with Gasteiger partial charge in [0.25, 0.3) is 5.91 Å². The Balaban J connectivity index is 2.23. The highest BCUT2D eigenvalue weighted by molar-refractivity contribution is 6.40. The second-order valence-corrected chi connectivity index (χ2v) is 5.05. The maximum absolute atomic E-state index is 13.0. The third kappa shape index (κ3) is 3.40. The predicted octanol–water partition coefficient (Wildman–Crippen LogP) is -0.257. The molecule has 0 saturated heterocycles. The van der Waals surface area contributed by atoms with Gasteiger partial charge in [0, 0.05) is 12.5 Å². The molecule has 1 aliphatic rings. The number of rotatable bonds is 5. The summed E-state index contributed by atoms with van der Waals surface area (Å²) in [4.78, 5) is 23.6. The number of hydrazone groups is 1. The van der Waals surface area contributed by atoms with Crippen molar-refractivity contribution in [3.8, 4) is 0 Å². The van der Waals surface area contributed by atoms with Crippen LogP contribution in [0.15, 0.2) is 29.4 Å². The number of hydrogen-bond acceptors (Lipinski definition) is 5. The average Bonchev–Trinajstić information content (AvgIpc) is 2.93. The molecule has 0 radical (unpaired) electrons. The molecule has 0 fully saturated rings. The van der Waals surface area contributed by atoms with Crippen molar-refractivity contribution in [1.82, 2.24) is 5.32 Å². The molecule has 22 heavy (non-hydrogen) atoms. The predicted molar refractivity (Wildman–Crippen MR) is 78.6 cm³/mol. The van der Waals surface area contributed by atoms with Gasteiger partial charge in [0.15, 0.2) is 0 Å². The lowest BCUT2D eigenvalue weighted by atomic mass is 10.1. The summed E-state index contributed by atoms with van der Waals surface area (Å²) < 4.78 is 13.0. The second-order valence-electron chi connectivity index (χ2n) is 5.05. The number of halogens is 1. The van der Waals surface area contributed by atoms with Crippen molar-refractivity contribution in [2.75, 3.05) is 11.6 Å². The van der Waals surface area contributed by atoms with Crippen molar-refractivity contribution in [2.45, 2.75) is 25.4 Å². The Morgan fingerprint density at radius 1 is 1.50 bits per heavy atom. The number of carbonyl (C=O) groups excluding carboxylic acids is 2. The second kappa shape index (κ2) is 6.52. The zero-order valence-corrected chi connectivity index (χ0v) is 12.0. The zero-order chi connectivity index (χ0) is 16.3. The van der Waals surface area contributed by atoms with E-state index in [1.165, 1.54) is 29.3 Å². The van der Waals surface area contributed by atoms with Gasteiger partial charge in [-0.2, -0.15) is 5.10 Å². The van der Waals surface area contributed by atoms with Gasteiger partial charge in [-0.1, -0.05) is 0 Å². The smallest absolute Gasteiger partial charge is 0.267 e. The Kier molecular flexibility index (Phi) is 4.71. The summed E-state index contributed by atoms with van der Waals surface area (Å²) in [5, 5.41) is 16.9. The normalized spacial score (nSPS) is 18.8. The first-order chi connectivity index (χ1) is 10.4. The number of aliphatic hydroxyl groups excluding tert-OH is 1. The maximum atomic E-state index is 13.0. The van der Waals surface area contributed by atoms with Crippen molar-refractivity contribution >= 4 is 23.2 Å². The van der Waals surface area contributed by atoms with Crippen LogP contribution in [0.5, 0.6) is 0 Å². The van der Waals surface area contributed by atoms with Crippen molar-refractivity contribution in [3.05, 3.63) is 30.1 Å². The first kappa shape index (κ1) is 15.9. The van der Waals surface area contributed by atoms with Crippen LogP contribution in [-0.4, -0.2) is 41.3 Å². The first-order valence-corrected chi connectivity index (χ1v) is 6.75. The lowest BCUT2D eigenvalue weighted by Crippen LogP contribution is -2.41. The molecule has 2 unspecified atom stereocenters. The molecule has 118 valence electrons. The molecule has 1 aromatic carbocycles. The fraction of sp³-hybridized carbons (Fsp3) is 0.357. The number of anilines is 1. The molecule has 0 spiro atoms. The summed E-state index contributed by atoms with van der Waals surface area (Å²) in [5.74, 6) is -1.53. The van der Waals surface area contributed by atoms with Crippen LogP contribution in [-0.2, 0) is 9.59 Å². The summed E-state index contributed by atoms with van der Waals surface area (Å²) in [7, 11) is 0. The number of nitrogens with two attached hydrogens (primary N) is 1. The van der Waals surface area contributed by atoms with Gasteiger partial charge in [-0.3, -0.25) is 14.6 Å². The van der Waals surface area contributed by atoms with Crippen LogP contribution in [0.2, 0.25) is 0 Å². The molecule has 2 amide bonds. The summed E-state index contributed by atoms with van der Waals surface area (Å²) in [6.07, 6.45) is 0.0523. The van der Waals surface area contributed by atoms with E-state index in [2.05, 4.69) is 10.4 Å². The molecule has 1 heterocycles. The summed E-state index contributed by atoms with van der Waals surface area (Å²) in [6.45, 7) is 1.43. The Morgan fingerprint density at radius 3 is 2.68 bits per heavy atom. The highest BCUT2D eigenvalue weighted by Gasteiger charge is 2.35. The third-order valence-corrected chi connectivity index (χ3v) is 3.24. The molecular weight excluding hydrogens is 291 g/mol. The van der Waals surface area contributed by atoms with Gasteiger partial charge in [0.2, 0.25) is 5.91 Å². The number of carbonyl (C=O) groups is 2. The molecule has 2 rings (SSSR count). The van der Waals surface area contributed by atoms with Gasteiger partial charge in [0.1, 0.15) is 17.6 Å². The summed E-state index contributed by atoms with van der Waals surface area (Å²) in [5.41, 5.74) is 5.94. The van der Waals surface area contributed by atoms with E-state index in [-0.39, 0.29) is 18.7 Å².